The maximum atomic E-state index is 5.63. The average Bonchev–Trinajstić information content (AvgIpc) is 2.70. The van der Waals surface area contributed by atoms with Gasteiger partial charge in [0.05, 0.1) is 18.8 Å². The van der Waals surface area contributed by atoms with Crippen molar-refractivity contribution in [1.29, 1.82) is 0 Å². The standard InChI is InChI=1S/C14H26N2O/c1-5-13-11-14(6-2)16(15-13)8-10-17-9-7-12(3)4/h11-12H,5-10H2,1-4H3. The number of nitrogens with zero attached hydrogens (tertiary/aromatic N) is 2. The Morgan fingerprint density at radius 2 is 2.00 bits per heavy atom. The van der Waals surface area contributed by atoms with Crippen molar-refractivity contribution in [2.45, 2.75) is 53.5 Å². The molecule has 0 radical (unpaired) electrons. The Kier molecular flexibility index (Phi) is 6.27. The highest BCUT2D eigenvalue weighted by Crippen LogP contribution is 2.06. The van der Waals surface area contributed by atoms with Crippen molar-refractivity contribution < 1.29 is 4.74 Å². The summed E-state index contributed by atoms with van der Waals surface area (Å²) in [5, 5.41) is 4.57. The minimum Gasteiger partial charge on any atom is -0.380 e. The predicted octanol–water partition coefficient (Wildman–Crippen LogP) is 3.07. The van der Waals surface area contributed by atoms with Crippen LogP contribution in [-0.4, -0.2) is 23.0 Å². The van der Waals surface area contributed by atoms with Gasteiger partial charge in [0.15, 0.2) is 0 Å². The molecule has 0 bridgehead atoms. The maximum Gasteiger partial charge on any atom is 0.0662 e. The Morgan fingerprint density at radius 1 is 1.24 bits per heavy atom. The van der Waals surface area contributed by atoms with Crippen LogP contribution in [0.5, 0.6) is 0 Å². The molecular formula is C14H26N2O. The Labute approximate surface area is 105 Å². The topological polar surface area (TPSA) is 27.1 Å². The van der Waals surface area contributed by atoms with Crippen LogP contribution < -0.4 is 0 Å². The monoisotopic (exact) mass is 238 g/mol. The van der Waals surface area contributed by atoms with Crippen molar-refractivity contribution in [1.82, 2.24) is 9.78 Å². The summed E-state index contributed by atoms with van der Waals surface area (Å²) in [6.45, 7) is 11.3. The van der Waals surface area contributed by atoms with E-state index in [9.17, 15) is 0 Å². The van der Waals surface area contributed by atoms with Gasteiger partial charge in [-0.25, -0.2) is 0 Å². The van der Waals surface area contributed by atoms with E-state index in [2.05, 4.69) is 43.5 Å². The average molecular weight is 238 g/mol. The van der Waals surface area contributed by atoms with Crippen LogP contribution in [0.1, 0.15) is 45.5 Å². The molecule has 0 aliphatic heterocycles. The zero-order valence-electron chi connectivity index (χ0n) is 11.7. The molecule has 1 aromatic rings. The molecule has 0 saturated heterocycles. The molecule has 3 heteroatoms. The van der Waals surface area contributed by atoms with Crippen LogP contribution in [0.2, 0.25) is 0 Å². The van der Waals surface area contributed by atoms with E-state index in [4.69, 9.17) is 4.74 Å². The van der Waals surface area contributed by atoms with Gasteiger partial charge in [-0.3, -0.25) is 4.68 Å². The molecule has 0 aliphatic rings. The minimum atomic E-state index is 0.720. The number of hydrogen-bond donors (Lipinski definition) is 0. The quantitative estimate of drug-likeness (QED) is 0.651. The third kappa shape index (κ3) is 4.90. The molecule has 0 fully saturated rings. The van der Waals surface area contributed by atoms with Gasteiger partial charge >= 0.3 is 0 Å². The summed E-state index contributed by atoms with van der Waals surface area (Å²) in [6.07, 6.45) is 3.19. The summed E-state index contributed by atoms with van der Waals surface area (Å²) in [5.41, 5.74) is 2.50. The lowest BCUT2D eigenvalue weighted by molar-refractivity contribution is 0.113. The van der Waals surface area contributed by atoms with Crippen LogP contribution >= 0.6 is 0 Å². The lowest BCUT2D eigenvalue weighted by Crippen LogP contribution is -2.11. The van der Waals surface area contributed by atoms with E-state index >= 15 is 0 Å². The Hall–Kier alpha value is -0.830. The fourth-order valence-corrected chi connectivity index (χ4v) is 1.74. The molecular weight excluding hydrogens is 212 g/mol. The van der Waals surface area contributed by atoms with E-state index in [1.807, 2.05) is 0 Å². The lowest BCUT2D eigenvalue weighted by Gasteiger charge is -2.08. The van der Waals surface area contributed by atoms with E-state index in [1.165, 1.54) is 11.4 Å². The Morgan fingerprint density at radius 3 is 2.59 bits per heavy atom. The minimum absolute atomic E-state index is 0.720. The molecule has 0 unspecified atom stereocenters. The highest BCUT2D eigenvalue weighted by Gasteiger charge is 2.04. The molecule has 0 atom stereocenters. The molecule has 1 heterocycles. The third-order valence-electron chi connectivity index (χ3n) is 2.93. The summed E-state index contributed by atoms with van der Waals surface area (Å²) in [7, 11) is 0. The van der Waals surface area contributed by atoms with E-state index < -0.39 is 0 Å². The summed E-state index contributed by atoms with van der Waals surface area (Å²) in [4.78, 5) is 0. The molecule has 1 rings (SSSR count). The molecule has 3 nitrogen and oxygen atoms in total. The predicted molar refractivity (Wildman–Crippen MR) is 71.3 cm³/mol. The molecule has 0 aliphatic carbocycles. The van der Waals surface area contributed by atoms with Crippen LogP contribution in [0, 0.1) is 5.92 Å². The summed E-state index contributed by atoms with van der Waals surface area (Å²) >= 11 is 0. The number of hydrogen-bond acceptors (Lipinski definition) is 2. The van der Waals surface area contributed by atoms with E-state index in [0.717, 1.165) is 44.9 Å². The zero-order chi connectivity index (χ0) is 12.7. The van der Waals surface area contributed by atoms with E-state index in [1.54, 1.807) is 0 Å². The first-order valence-corrected chi connectivity index (χ1v) is 6.80. The largest absolute Gasteiger partial charge is 0.380 e. The SMILES string of the molecule is CCc1cc(CC)n(CCOCCC(C)C)n1. The van der Waals surface area contributed by atoms with Gasteiger partial charge in [0.1, 0.15) is 0 Å². The first-order valence-electron chi connectivity index (χ1n) is 6.80. The van der Waals surface area contributed by atoms with Crippen molar-refractivity contribution in [3.8, 4) is 0 Å². The number of rotatable bonds is 8. The van der Waals surface area contributed by atoms with Gasteiger partial charge in [0.2, 0.25) is 0 Å². The molecule has 98 valence electrons. The van der Waals surface area contributed by atoms with Gasteiger partial charge in [-0.15, -0.1) is 0 Å². The van der Waals surface area contributed by atoms with Crippen molar-refractivity contribution in [2.24, 2.45) is 5.92 Å². The molecule has 17 heavy (non-hydrogen) atoms. The van der Waals surface area contributed by atoms with Crippen LogP contribution in [0.4, 0.5) is 0 Å². The number of aromatic nitrogens is 2. The van der Waals surface area contributed by atoms with Crippen molar-refractivity contribution >= 4 is 0 Å². The summed E-state index contributed by atoms with van der Waals surface area (Å²) in [5.74, 6) is 0.720. The normalized spacial score (nSPS) is 11.4. The maximum absolute atomic E-state index is 5.63. The highest BCUT2D eigenvalue weighted by atomic mass is 16.5. The van der Waals surface area contributed by atoms with Gasteiger partial charge in [-0.1, -0.05) is 27.7 Å². The van der Waals surface area contributed by atoms with E-state index in [-0.39, 0.29) is 0 Å². The van der Waals surface area contributed by atoms with Crippen molar-refractivity contribution in [3.63, 3.8) is 0 Å². The summed E-state index contributed by atoms with van der Waals surface area (Å²) < 4.78 is 7.72. The van der Waals surface area contributed by atoms with Gasteiger partial charge in [0.25, 0.3) is 0 Å². The molecule has 1 aromatic heterocycles. The second-order valence-electron chi connectivity index (χ2n) is 4.85. The number of aryl methyl sites for hydroxylation is 2. The highest BCUT2D eigenvalue weighted by molar-refractivity contribution is 5.10. The third-order valence-corrected chi connectivity index (χ3v) is 2.93. The van der Waals surface area contributed by atoms with Crippen LogP contribution in [0.15, 0.2) is 6.07 Å². The molecule has 0 spiro atoms. The molecule has 0 amide bonds. The number of ether oxygens (including phenoxy) is 1. The van der Waals surface area contributed by atoms with Gasteiger partial charge < -0.3 is 4.74 Å². The smallest absolute Gasteiger partial charge is 0.0662 e. The fourth-order valence-electron chi connectivity index (χ4n) is 1.74. The van der Waals surface area contributed by atoms with Gasteiger partial charge in [-0.2, -0.15) is 5.10 Å². The van der Waals surface area contributed by atoms with Crippen molar-refractivity contribution in [2.75, 3.05) is 13.2 Å². The van der Waals surface area contributed by atoms with Crippen LogP contribution in [0.25, 0.3) is 0 Å². The van der Waals surface area contributed by atoms with Gasteiger partial charge in [0, 0.05) is 12.3 Å². The van der Waals surface area contributed by atoms with Crippen LogP contribution in [-0.2, 0) is 24.1 Å². The second-order valence-corrected chi connectivity index (χ2v) is 4.85. The molecule has 0 aromatic carbocycles. The Bertz CT molecular complexity index is 318. The summed E-state index contributed by atoms with van der Waals surface area (Å²) in [6, 6.07) is 2.20. The van der Waals surface area contributed by atoms with Crippen molar-refractivity contribution in [3.05, 3.63) is 17.5 Å². The fraction of sp³-hybridized carbons (Fsp3) is 0.786. The van der Waals surface area contributed by atoms with Crippen LogP contribution in [0.3, 0.4) is 0 Å². The van der Waals surface area contributed by atoms with E-state index in [0.29, 0.717) is 0 Å². The Balaban J connectivity index is 2.32. The molecule has 0 saturated carbocycles. The molecule has 0 N–H and O–H groups in total. The second kappa shape index (κ2) is 7.49. The first-order chi connectivity index (χ1) is 8.17. The lowest BCUT2D eigenvalue weighted by atomic mass is 10.1. The van der Waals surface area contributed by atoms with Gasteiger partial charge in [-0.05, 0) is 31.2 Å². The first kappa shape index (κ1) is 14.2. The zero-order valence-corrected chi connectivity index (χ0v) is 11.7.